The Balaban J connectivity index is 2.64. The van der Waals surface area contributed by atoms with E-state index >= 15 is 0 Å². The Morgan fingerprint density at radius 3 is 2.41 bits per heavy atom. The fraction of sp³-hybridized carbons (Fsp3) is 0.273. The molecule has 0 fully saturated rings. The van der Waals surface area contributed by atoms with Gasteiger partial charge in [0.15, 0.2) is 0 Å². The van der Waals surface area contributed by atoms with Crippen molar-refractivity contribution < 1.29 is 25.5 Å². The van der Waals surface area contributed by atoms with E-state index in [1.165, 1.54) is 0 Å². The number of rotatable bonds is 3. The van der Waals surface area contributed by atoms with Crippen molar-refractivity contribution in [2.24, 2.45) is 0 Å². The molecule has 1 aromatic heterocycles. The van der Waals surface area contributed by atoms with Gasteiger partial charge in [-0.25, -0.2) is 9.67 Å². The fourth-order valence-electron chi connectivity index (χ4n) is 1.77. The summed E-state index contributed by atoms with van der Waals surface area (Å²) in [5.41, 5.74) is -0.120. The SMILES string of the molecule is CCc1cc(Cl)c(-n2cnc(C(F)(F)F)n2)cc1S(=O)(=O)F. The molecular weight excluding hydrogens is 350 g/mol. The van der Waals surface area contributed by atoms with Crippen LogP contribution < -0.4 is 0 Å². The fourth-order valence-corrected chi connectivity index (χ4v) is 2.81. The largest absolute Gasteiger partial charge is 0.453 e. The minimum atomic E-state index is -5.06. The van der Waals surface area contributed by atoms with Crippen LogP contribution in [0.4, 0.5) is 17.1 Å². The van der Waals surface area contributed by atoms with Crippen molar-refractivity contribution in [3.05, 3.63) is 34.9 Å². The topological polar surface area (TPSA) is 64.8 Å². The summed E-state index contributed by atoms with van der Waals surface area (Å²) >= 11 is 5.90. The molecule has 0 bridgehead atoms. The summed E-state index contributed by atoms with van der Waals surface area (Å²) in [5.74, 6) is -1.42. The third-order valence-electron chi connectivity index (χ3n) is 2.77. The van der Waals surface area contributed by atoms with E-state index < -0.39 is 27.1 Å². The van der Waals surface area contributed by atoms with Crippen LogP contribution in [0.15, 0.2) is 23.4 Å². The molecule has 2 aromatic rings. The summed E-state index contributed by atoms with van der Waals surface area (Å²) < 4.78 is 73.6. The van der Waals surface area contributed by atoms with Crippen LogP contribution in [0.25, 0.3) is 5.69 Å². The summed E-state index contributed by atoms with van der Waals surface area (Å²) in [4.78, 5) is 2.40. The molecule has 0 radical (unpaired) electrons. The Morgan fingerprint density at radius 2 is 1.95 bits per heavy atom. The molecule has 5 nitrogen and oxygen atoms in total. The molecular formula is C11H8ClF4N3O2S. The number of hydrogen-bond acceptors (Lipinski definition) is 4. The molecule has 0 aliphatic carbocycles. The van der Waals surface area contributed by atoms with Crippen molar-refractivity contribution in [2.45, 2.75) is 24.4 Å². The van der Waals surface area contributed by atoms with Gasteiger partial charge in [-0.2, -0.15) is 21.6 Å². The van der Waals surface area contributed by atoms with Crippen molar-refractivity contribution in [2.75, 3.05) is 0 Å². The van der Waals surface area contributed by atoms with Crippen molar-refractivity contribution in [3.63, 3.8) is 0 Å². The zero-order valence-electron chi connectivity index (χ0n) is 10.9. The van der Waals surface area contributed by atoms with Crippen LogP contribution >= 0.6 is 11.6 Å². The lowest BCUT2D eigenvalue weighted by Gasteiger charge is -2.09. The lowest BCUT2D eigenvalue weighted by molar-refractivity contribution is -0.144. The van der Waals surface area contributed by atoms with E-state index in [9.17, 15) is 25.5 Å². The van der Waals surface area contributed by atoms with E-state index in [-0.39, 0.29) is 22.7 Å². The molecule has 0 aliphatic heterocycles. The predicted octanol–water partition coefficient (Wildman–Crippen LogP) is 3.16. The van der Waals surface area contributed by atoms with Gasteiger partial charge in [-0.05, 0) is 24.1 Å². The summed E-state index contributed by atoms with van der Waals surface area (Å²) in [6.45, 7) is 1.58. The minimum Gasteiger partial charge on any atom is -0.219 e. The van der Waals surface area contributed by atoms with Gasteiger partial charge in [0.05, 0.1) is 10.7 Å². The van der Waals surface area contributed by atoms with Gasteiger partial charge in [0, 0.05) is 0 Å². The normalized spacial score (nSPS) is 12.6. The first kappa shape index (κ1) is 16.7. The molecule has 0 aliphatic rings. The predicted molar refractivity (Wildman–Crippen MR) is 69.0 cm³/mol. The number of nitrogens with zero attached hydrogens (tertiary/aromatic N) is 3. The summed E-state index contributed by atoms with van der Waals surface area (Å²) in [7, 11) is -5.06. The van der Waals surface area contributed by atoms with Gasteiger partial charge in [-0.1, -0.05) is 18.5 Å². The van der Waals surface area contributed by atoms with Crippen LogP contribution in [0.1, 0.15) is 18.3 Å². The van der Waals surface area contributed by atoms with E-state index in [1.807, 2.05) is 0 Å². The highest BCUT2D eigenvalue weighted by atomic mass is 35.5. The van der Waals surface area contributed by atoms with Crippen molar-refractivity contribution in [3.8, 4) is 5.69 Å². The number of aryl methyl sites for hydroxylation is 1. The van der Waals surface area contributed by atoms with Gasteiger partial charge in [0.1, 0.15) is 11.2 Å². The zero-order chi connectivity index (χ0) is 16.7. The zero-order valence-corrected chi connectivity index (χ0v) is 12.5. The van der Waals surface area contributed by atoms with Gasteiger partial charge in [0.25, 0.3) is 5.82 Å². The quantitative estimate of drug-likeness (QED) is 0.625. The number of halogens is 5. The van der Waals surface area contributed by atoms with E-state index in [0.29, 0.717) is 11.0 Å². The first-order valence-corrected chi connectivity index (χ1v) is 7.56. The van der Waals surface area contributed by atoms with Crippen LogP contribution in [-0.2, 0) is 22.8 Å². The Kier molecular flexibility index (Phi) is 4.18. The van der Waals surface area contributed by atoms with E-state index in [4.69, 9.17) is 11.6 Å². The van der Waals surface area contributed by atoms with Crippen molar-refractivity contribution in [1.82, 2.24) is 14.8 Å². The first-order chi connectivity index (χ1) is 10.0. The van der Waals surface area contributed by atoms with Gasteiger partial charge >= 0.3 is 16.4 Å². The third-order valence-corrected chi connectivity index (χ3v) is 3.97. The maximum Gasteiger partial charge on any atom is 0.453 e. The lowest BCUT2D eigenvalue weighted by Crippen LogP contribution is -2.09. The first-order valence-electron chi connectivity index (χ1n) is 5.80. The number of aromatic nitrogens is 3. The number of alkyl halides is 3. The summed E-state index contributed by atoms with van der Waals surface area (Å²) in [5, 5.41) is 3.09. The second kappa shape index (κ2) is 5.51. The van der Waals surface area contributed by atoms with Crippen LogP contribution in [0, 0.1) is 0 Å². The third kappa shape index (κ3) is 3.22. The van der Waals surface area contributed by atoms with Gasteiger partial charge in [0.2, 0.25) is 0 Å². The Bertz CT molecular complexity index is 817. The number of hydrogen-bond donors (Lipinski definition) is 0. The van der Waals surface area contributed by atoms with Crippen LogP contribution in [0.3, 0.4) is 0 Å². The Labute approximate surface area is 127 Å². The minimum absolute atomic E-state index is 0.0807. The van der Waals surface area contributed by atoms with Gasteiger partial charge < -0.3 is 0 Å². The molecule has 0 N–H and O–H groups in total. The molecule has 1 heterocycles. The van der Waals surface area contributed by atoms with Crippen LogP contribution in [-0.4, -0.2) is 23.2 Å². The summed E-state index contributed by atoms with van der Waals surface area (Å²) in [6.07, 6.45) is -3.88. The van der Waals surface area contributed by atoms with Gasteiger partial charge in [-0.15, -0.1) is 8.98 Å². The average molecular weight is 358 g/mol. The summed E-state index contributed by atoms with van der Waals surface area (Å²) in [6, 6.07) is 1.99. The molecule has 0 amide bonds. The van der Waals surface area contributed by atoms with Crippen molar-refractivity contribution >= 4 is 21.8 Å². The highest BCUT2D eigenvalue weighted by molar-refractivity contribution is 7.86. The smallest absolute Gasteiger partial charge is 0.219 e. The standard InChI is InChI=1S/C11H8ClF4N3O2S/c1-2-6-3-7(12)8(4-9(6)22(16,20)21)19-5-17-10(18-19)11(13,14)15/h3-5H,2H2,1H3. The highest BCUT2D eigenvalue weighted by Crippen LogP contribution is 2.30. The lowest BCUT2D eigenvalue weighted by atomic mass is 10.1. The van der Waals surface area contributed by atoms with Gasteiger partial charge in [-0.3, -0.25) is 0 Å². The average Bonchev–Trinajstić information content (AvgIpc) is 2.86. The molecule has 1 aromatic carbocycles. The number of benzene rings is 1. The van der Waals surface area contributed by atoms with E-state index in [1.54, 1.807) is 6.92 Å². The van der Waals surface area contributed by atoms with E-state index in [0.717, 1.165) is 12.1 Å². The Hall–Kier alpha value is -1.68. The molecule has 0 saturated heterocycles. The second-order valence-electron chi connectivity index (χ2n) is 4.21. The molecule has 11 heteroatoms. The molecule has 0 spiro atoms. The maximum atomic E-state index is 13.3. The Morgan fingerprint density at radius 1 is 1.32 bits per heavy atom. The maximum absolute atomic E-state index is 13.3. The highest BCUT2D eigenvalue weighted by Gasteiger charge is 2.36. The molecule has 0 saturated carbocycles. The second-order valence-corrected chi connectivity index (χ2v) is 5.94. The molecule has 22 heavy (non-hydrogen) atoms. The molecule has 0 unspecified atom stereocenters. The van der Waals surface area contributed by atoms with Crippen LogP contribution in [0.5, 0.6) is 0 Å². The van der Waals surface area contributed by atoms with E-state index in [2.05, 4.69) is 10.1 Å². The monoisotopic (exact) mass is 357 g/mol. The molecule has 2 rings (SSSR count). The van der Waals surface area contributed by atoms with Crippen molar-refractivity contribution in [1.29, 1.82) is 0 Å². The molecule has 120 valence electrons. The van der Waals surface area contributed by atoms with Crippen LogP contribution in [0.2, 0.25) is 5.02 Å². The molecule has 0 atom stereocenters.